The number of hydrogen-bond acceptors (Lipinski definition) is 8. The predicted octanol–water partition coefficient (Wildman–Crippen LogP) is 4.74. The zero-order valence-electron chi connectivity index (χ0n) is 21.9. The summed E-state index contributed by atoms with van der Waals surface area (Å²) in [6, 6.07) is 5.88. The van der Waals surface area contributed by atoms with Gasteiger partial charge in [-0.1, -0.05) is 0 Å². The molecule has 0 aliphatic carbocycles. The van der Waals surface area contributed by atoms with E-state index in [1.54, 1.807) is 11.1 Å². The van der Waals surface area contributed by atoms with Crippen LogP contribution in [0, 0.1) is 11.3 Å². The Morgan fingerprint density at radius 1 is 1.22 bits per heavy atom. The number of pyridine rings is 2. The molecule has 0 unspecified atom stereocenters. The van der Waals surface area contributed by atoms with Crippen molar-refractivity contribution in [2.75, 3.05) is 44.2 Å². The first-order valence-corrected chi connectivity index (χ1v) is 13.9. The number of halogens is 1. The molecule has 1 amide bonds. The lowest BCUT2D eigenvalue weighted by atomic mass is 9.95. The van der Waals surface area contributed by atoms with Crippen LogP contribution in [0.25, 0.3) is 11.0 Å². The SMILES string of the molecule is CC(C)(C)OC(=O)N1CCN(c2cc(OCC34CCCN3CCC4)nc3cc(Br)cnc23)C[C@@H]1CC#N. The van der Waals surface area contributed by atoms with Gasteiger partial charge in [0.25, 0.3) is 0 Å². The van der Waals surface area contributed by atoms with E-state index in [9.17, 15) is 10.1 Å². The number of anilines is 1. The van der Waals surface area contributed by atoms with Gasteiger partial charge < -0.3 is 19.3 Å². The van der Waals surface area contributed by atoms with Gasteiger partial charge in [-0.15, -0.1) is 0 Å². The van der Waals surface area contributed by atoms with Crippen LogP contribution in [0.3, 0.4) is 0 Å². The van der Waals surface area contributed by atoms with Crippen LogP contribution in [0.4, 0.5) is 10.5 Å². The zero-order chi connectivity index (χ0) is 26.2. The number of rotatable bonds is 5. The number of ether oxygens (including phenoxy) is 2. The van der Waals surface area contributed by atoms with E-state index in [4.69, 9.17) is 14.5 Å². The van der Waals surface area contributed by atoms with Crippen LogP contribution < -0.4 is 9.64 Å². The second-order valence-corrected chi connectivity index (χ2v) is 12.3. The Morgan fingerprint density at radius 2 is 1.97 bits per heavy atom. The highest BCUT2D eigenvalue weighted by Crippen LogP contribution is 2.39. The predicted molar refractivity (Wildman–Crippen MR) is 145 cm³/mol. The maximum Gasteiger partial charge on any atom is 0.410 e. The summed E-state index contributed by atoms with van der Waals surface area (Å²) in [6.45, 7) is 10.0. The quantitative estimate of drug-likeness (QED) is 0.508. The molecule has 2 aromatic rings. The molecule has 3 saturated heterocycles. The van der Waals surface area contributed by atoms with Crippen molar-refractivity contribution in [2.45, 2.75) is 70.1 Å². The van der Waals surface area contributed by atoms with E-state index < -0.39 is 5.60 Å². The van der Waals surface area contributed by atoms with Gasteiger partial charge >= 0.3 is 6.09 Å². The molecule has 2 aromatic heterocycles. The van der Waals surface area contributed by atoms with Crippen LogP contribution in [0.2, 0.25) is 0 Å². The lowest BCUT2D eigenvalue weighted by Gasteiger charge is -2.42. The van der Waals surface area contributed by atoms with Gasteiger partial charge in [0.15, 0.2) is 0 Å². The average molecular weight is 572 g/mol. The van der Waals surface area contributed by atoms with Gasteiger partial charge in [0.2, 0.25) is 5.88 Å². The minimum Gasteiger partial charge on any atom is -0.476 e. The van der Waals surface area contributed by atoms with Crippen LogP contribution in [-0.4, -0.2) is 82.4 Å². The summed E-state index contributed by atoms with van der Waals surface area (Å²) in [4.78, 5) is 28.8. The van der Waals surface area contributed by atoms with Crippen molar-refractivity contribution >= 4 is 38.7 Å². The molecular weight excluding hydrogens is 536 g/mol. The summed E-state index contributed by atoms with van der Waals surface area (Å²) in [6.07, 6.45) is 6.39. The zero-order valence-corrected chi connectivity index (χ0v) is 23.5. The number of aromatic nitrogens is 2. The standard InChI is InChI=1S/C27H35BrN6O3/c1-26(2,3)37-25(35)34-13-12-32(17-20(34)6-9-29)22-15-23(31-21-14-19(28)16-30-24(21)22)36-18-27-7-4-10-33(27)11-5-8-27/h14-16,20H,4-8,10-13,17-18H2,1-3H3/t20-/m0/s1. The van der Waals surface area contributed by atoms with E-state index in [0.717, 1.165) is 34.3 Å². The Hall–Kier alpha value is -2.64. The normalized spacial score (nSPS) is 21.6. The van der Waals surface area contributed by atoms with Gasteiger partial charge in [-0.3, -0.25) is 9.88 Å². The first kappa shape index (κ1) is 26.0. The monoisotopic (exact) mass is 570 g/mol. The molecule has 10 heteroatoms. The summed E-state index contributed by atoms with van der Waals surface area (Å²) in [5, 5.41) is 9.50. The molecule has 198 valence electrons. The van der Waals surface area contributed by atoms with Gasteiger partial charge in [0.05, 0.1) is 35.3 Å². The van der Waals surface area contributed by atoms with Crippen LogP contribution in [0.5, 0.6) is 5.88 Å². The maximum absolute atomic E-state index is 12.9. The Bertz CT molecular complexity index is 1200. The van der Waals surface area contributed by atoms with Crippen molar-refractivity contribution in [2.24, 2.45) is 0 Å². The summed E-state index contributed by atoms with van der Waals surface area (Å²) < 4.78 is 12.9. The third kappa shape index (κ3) is 5.48. The van der Waals surface area contributed by atoms with E-state index in [1.165, 1.54) is 25.7 Å². The van der Waals surface area contributed by atoms with Crippen molar-refractivity contribution in [3.05, 3.63) is 22.8 Å². The number of nitrogens with zero attached hydrogens (tertiary/aromatic N) is 6. The Morgan fingerprint density at radius 3 is 2.68 bits per heavy atom. The molecule has 0 N–H and O–H groups in total. The smallest absolute Gasteiger partial charge is 0.410 e. The fourth-order valence-corrected chi connectivity index (χ4v) is 6.27. The number of carbonyl (C=O) groups is 1. The molecular formula is C27H35BrN6O3. The Balaban J connectivity index is 1.41. The van der Waals surface area contributed by atoms with E-state index in [-0.39, 0.29) is 24.1 Å². The summed E-state index contributed by atoms with van der Waals surface area (Å²) in [5.74, 6) is 0.585. The van der Waals surface area contributed by atoms with Gasteiger partial charge in [-0.25, -0.2) is 9.78 Å². The fraction of sp³-hybridized carbons (Fsp3) is 0.630. The van der Waals surface area contributed by atoms with Gasteiger partial charge in [-0.2, -0.15) is 5.26 Å². The molecule has 9 nitrogen and oxygen atoms in total. The van der Waals surface area contributed by atoms with Crippen molar-refractivity contribution < 1.29 is 14.3 Å². The Labute approximate surface area is 226 Å². The third-order valence-electron chi connectivity index (χ3n) is 7.65. The van der Waals surface area contributed by atoms with Gasteiger partial charge in [-0.05, 0) is 81.5 Å². The molecule has 5 rings (SSSR count). The summed E-state index contributed by atoms with van der Waals surface area (Å²) in [7, 11) is 0. The number of nitriles is 1. The van der Waals surface area contributed by atoms with Crippen molar-refractivity contribution in [3.8, 4) is 11.9 Å². The molecule has 0 saturated carbocycles. The van der Waals surface area contributed by atoms with Crippen molar-refractivity contribution in [1.82, 2.24) is 19.8 Å². The summed E-state index contributed by atoms with van der Waals surface area (Å²) >= 11 is 3.53. The number of carbonyl (C=O) groups excluding carboxylic acids is 1. The van der Waals surface area contributed by atoms with Crippen LogP contribution in [0.1, 0.15) is 52.9 Å². The highest BCUT2D eigenvalue weighted by Gasteiger charge is 2.45. The minimum atomic E-state index is -0.593. The molecule has 3 aliphatic heterocycles. The van der Waals surface area contributed by atoms with Gasteiger partial charge in [0, 0.05) is 36.4 Å². The molecule has 0 aromatic carbocycles. The van der Waals surface area contributed by atoms with Crippen molar-refractivity contribution in [3.63, 3.8) is 0 Å². The molecule has 0 spiro atoms. The largest absolute Gasteiger partial charge is 0.476 e. The molecule has 1 atom stereocenters. The highest BCUT2D eigenvalue weighted by molar-refractivity contribution is 9.10. The Kier molecular flexibility index (Phi) is 7.20. The molecule has 0 radical (unpaired) electrons. The summed E-state index contributed by atoms with van der Waals surface area (Å²) in [5.41, 5.74) is 1.97. The number of piperazine rings is 1. The van der Waals surface area contributed by atoms with Crippen LogP contribution >= 0.6 is 15.9 Å². The molecule has 0 bridgehead atoms. The number of fused-ring (bicyclic) bond motifs is 2. The first-order valence-electron chi connectivity index (χ1n) is 13.1. The van der Waals surface area contributed by atoms with Gasteiger partial charge in [0.1, 0.15) is 17.7 Å². The number of hydrogen-bond donors (Lipinski definition) is 0. The molecule has 3 aliphatic rings. The van der Waals surface area contributed by atoms with E-state index in [0.29, 0.717) is 32.1 Å². The maximum atomic E-state index is 12.9. The second kappa shape index (κ2) is 10.3. The lowest BCUT2D eigenvalue weighted by Crippen LogP contribution is -2.56. The average Bonchev–Trinajstić information content (AvgIpc) is 3.41. The van der Waals surface area contributed by atoms with Crippen LogP contribution in [-0.2, 0) is 4.74 Å². The molecule has 37 heavy (non-hydrogen) atoms. The topological polar surface area (TPSA) is 94.8 Å². The van der Waals surface area contributed by atoms with E-state index in [2.05, 4.69) is 36.8 Å². The molecule has 5 heterocycles. The highest BCUT2D eigenvalue weighted by atomic mass is 79.9. The number of amides is 1. The van der Waals surface area contributed by atoms with E-state index >= 15 is 0 Å². The fourth-order valence-electron chi connectivity index (χ4n) is 5.95. The minimum absolute atomic E-state index is 0.128. The van der Waals surface area contributed by atoms with E-state index in [1.807, 2.05) is 32.9 Å². The van der Waals surface area contributed by atoms with Crippen molar-refractivity contribution in [1.29, 1.82) is 5.26 Å². The third-order valence-corrected chi connectivity index (χ3v) is 8.08. The lowest BCUT2D eigenvalue weighted by molar-refractivity contribution is 0.0145. The second-order valence-electron chi connectivity index (χ2n) is 11.3. The molecule has 3 fully saturated rings. The first-order chi connectivity index (χ1) is 17.7. The van der Waals surface area contributed by atoms with Crippen LogP contribution in [0.15, 0.2) is 22.8 Å².